The fraction of sp³-hybridized carbons (Fsp3) is 0.316. The molecule has 0 unspecified atom stereocenters. The van der Waals surface area contributed by atoms with Gasteiger partial charge in [0, 0.05) is 0 Å². The lowest BCUT2D eigenvalue weighted by Gasteiger charge is -2.06. The fourth-order valence-corrected chi connectivity index (χ4v) is 2.59. The summed E-state index contributed by atoms with van der Waals surface area (Å²) < 4.78 is 11.0. The summed E-state index contributed by atoms with van der Waals surface area (Å²) in [5, 5.41) is 10.5. The Kier molecular flexibility index (Phi) is 4.70. The lowest BCUT2D eigenvalue weighted by molar-refractivity contribution is -0.115. The van der Waals surface area contributed by atoms with E-state index in [9.17, 15) is 4.79 Å². The molecule has 0 atom stereocenters. The van der Waals surface area contributed by atoms with Crippen LogP contribution in [-0.2, 0) is 11.2 Å². The Bertz CT molecular complexity index is 876. The van der Waals surface area contributed by atoms with Gasteiger partial charge in [0.25, 0.3) is 5.89 Å². The van der Waals surface area contributed by atoms with E-state index in [0.717, 1.165) is 16.9 Å². The first-order valence-electron chi connectivity index (χ1n) is 8.22. The smallest absolute Gasteiger partial charge is 0.322 e. The van der Waals surface area contributed by atoms with Crippen molar-refractivity contribution < 1.29 is 13.6 Å². The van der Waals surface area contributed by atoms with Crippen molar-refractivity contribution in [1.82, 2.24) is 10.2 Å². The van der Waals surface area contributed by atoms with Crippen molar-refractivity contribution in [3.63, 3.8) is 0 Å². The zero-order valence-electron chi connectivity index (χ0n) is 14.8. The number of hydrogen-bond acceptors (Lipinski definition) is 5. The van der Waals surface area contributed by atoms with Gasteiger partial charge in [-0.1, -0.05) is 43.2 Å². The monoisotopic (exact) mass is 339 g/mol. The summed E-state index contributed by atoms with van der Waals surface area (Å²) >= 11 is 0. The van der Waals surface area contributed by atoms with Crippen LogP contribution in [0.1, 0.15) is 42.4 Å². The molecule has 0 spiro atoms. The maximum absolute atomic E-state index is 12.2. The first-order chi connectivity index (χ1) is 11.9. The number of carbonyl (C=O) groups excluding carboxylic acids is 1. The highest BCUT2D eigenvalue weighted by atomic mass is 16.4. The summed E-state index contributed by atoms with van der Waals surface area (Å²) in [5.74, 6) is 2.05. The molecule has 130 valence electrons. The van der Waals surface area contributed by atoms with Crippen molar-refractivity contribution in [2.75, 3.05) is 5.32 Å². The van der Waals surface area contributed by atoms with Gasteiger partial charge in [-0.15, -0.1) is 5.10 Å². The number of rotatable bonds is 5. The average Bonchev–Trinajstić information content (AvgIpc) is 3.13. The van der Waals surface area contributed by atoms with Crippen LogP contribution >= 0.6 is 0 Å². The van der Waals surface area contributed by atoms with E-state index in [1.807, 2.05) is 44.2 Å². The maximum Gasteiger partial charge on any atom is 0.322 e. The summed E-state index contributed by atoms with van der Waals surface area (Å²) in [6.45, 7) is 7.95. The molecule has 1 aromatic carbocycles. The second-order valence-electron chi connectivity index (χ2n) is 6.36. The van der Waals surface area contributed by atoms with Crippen LogP contribution in [0.4, 0.5) is 6.01 Å². The molecule has 0 saturated carbocycles. The quantitative estimate of drug-likeness (QED) is 0.751. The Morgan fingerprint density at radius 3 is 2.44 bits per heavy atom. The molecule has 0 aliphatic heterocycles. The highest BCUT2D eigenvalue weighted by molar-refractivity contribution is 5.90. The van der Waals surface area contributed by atoms with Crippen LogP contribution in [0.25, 0.3) is 11.5 Å². The number of aromatic nitrogens is 2. The largest absolute Gasteiger partial charge is 0.466 e. The number of hydrogen-bond donors (Lipinski definition) is 1. The summed E-state index contributed by atoms with van der Waals surface area (Å²) in [7, 11) is 0. The van der Waals surface area contributed by atoms with Gasteiger partial charge in [0.15, 0.2) is 0 Å². The molecule has 1 amide bonds. The van der Waals surface area contributed by atoms with E-state index in [2.05, 4.69) is 29.4 Å². The van der Waals surface area contributed by atoms with E-state index < -0.39 is 0 Å². The number of benzene rings is 1. The number of aryl methyl sites for hydroxylation is 2. The Hall–Kier alpha value is -2.89. The molecule has 6 nitrogen and oxygen atoms in total. The predicted molar refractivity (Wildman–Crippen MR) is 94.3 cm³/mol. The maximum atomic E-state index is 12.2. The second kappa shape index (κ2) is 6.93. The molecule has 2 aromatic heterocycles. The van der Waals surface area contributed by atoms with Gasteiger partial charge in [0.05, 0.1) is 12.0 Å². The Labute approximate surface area is 146 Å². The van der Waals surface area contributed by atoms with E-state index in [0.29, 0.717) is 17.6 Å². The van der Waals surface area contributed by atoms with Crippen molar-refractivity contribution in [1.29, 1.82) is 0 Å². The molecule has 0 bridgehead atoms. The van der Waals surface area contributed by atoms with Gasteiger partial charge in [-0.25, -0.2) is 0 Å². The Morgan fingerprint density at radius 1 is 1.12 bits per heavy atom. The third-order valence-electron chi connectivity index (χ3n) is 3.95. The summed E-state index contributed by atoms with van der Waals surface area (Å²) in [6.07, 6.45) is 0.250. The molecule has 25 heavy (non-hydrogen) atoms. The molecule has 0 radical (unpaired) electrons. The minimum absolute atomic E-state index is 0.0806. The van der Waals surface area contributed by atoms with E-state index in [-0.39, 0.29) is 18.3 Å². The van der Waals surface area contributed by atoms with Crippen LogP contribution in [0.15, 0.2) is 39.2 Å². The molecule has 0 aliphatic carbocycles. The van der Waals surface area contributed by atoms with E-state index in [1.54, 1.807) is 0 Å². The zero-order chi connectivity index (χ0) is 18.0. The van der Waals surface area contributed by atoms with Crippen LogP contribution in [0.2, 0.25) is 0 Å². The summed E-state index contributed by atoms with van der Waals surface area (Å²) in [5.41, 5.74) is 2.91. The molecular weight excluding hydrogens is 318 g/mol. The standard InChI is InChI=1S/C19H21N3O3/c1-11(2)15-7-5-14(6-8-15)10-17(23)20-19-22-21-18(25-19)16-9-12(3)24-13(16)4/h5-9,11H,10H2,1-4H3,(H,20,22,23). The molecule has 3 rings (SSSR count). The summed E-state index contributed by atoms with van der Waals surface area (Å²) in [4.78, 5) is 12.2. The van der Waals surface area contributed by atoms with E-state index in [1.165, 1.54) is 5.56 Å². The molecule has 6 heteroatoms. The normalized spacial score (nSPS) is 11.1. The molecule has 3 aromatic rings. The molecule has 0 aliphatic rings. The topological polar surface area (TPSA) is 81.2 Å². The first-order valence-corrected chi connectivity index (χ1v) is 8.22. The Morgan fingerprint density at radius 2 is 1.84 bits per heavy atom. The second-order valence-corrected chi connectivity index (χ2v) is 6.36. The number of nitrogens with zero attached hydrogens (tertiary/aromatic N) is 2. The van der Waals surface area contributed by atoms with Crippen LogP contribution in [-0.4, -0.2) is 16.1 Å². The van der Waals surface area contributed by atoms with Crippen LogP contribution < -0.4 is 5.32 Å². The van der Waals surface area contributed by atoms with E-state index in [4.69, 9.17) is 8.83 Å². The Balaban J connectivity index is 1.64. The third kappa shape index (κ3) is 3.96. The van der Waals surface area contributed by atoms with Gasteiger partial charge in [-0.2, -0.15) is 0 Å². The third-order valence-corrected chi connectivity index (χ3v) is 3.95. The number of furan rings is 1. The first kappa shape index (κ1) is 17.0. The number of carbonyl (C=O) groups is 1. The molecule has 1 N–H and O–H groups in total. The van der Waals surface area contributed by atoms with Gasteiger partial charge in [-0.3, -0.25) is 10.1 Å². The average molecular weight is 339 g/mol. The van der Waals surface area contributed by atoms with Gasteiger partial charge in [0.2, 0.25) is 5.91 Å². The zero-order valence-corrected chi connectivity index (χ0v) is 14.8. The minimum Gasteiger partial charge on any atom is -0.466 e. The lowest BCUT2D eigenvalue weighted by Crippen LogP contribution is -2.14. The molecular formula is C19H21N3O3. The number of amides is 1. The van der Waals surface area contributed by atoms with Gasteiger partial charge >= 0.3 is 6.01 Å². The number of anilines is 1. The highest BCUT2D eigenvalue weighted by Crippen LogP contribution is 2.26. The van der Waals surface area contributed by atoms with Crippen molar-refractivity contribution in [2.24, 2.45) is 0 Å². The number of nitrogens with one attached hydrogen (secondary N) is 1. The van der Waals surface area contributed by atoms with E-state index >= 15 is 0 Å². The SMILES string of the molecule is Cc1cc(-c2nnc(NC(=O)Cc3ccc(C(C)C)cc3)o2)c(C)o1. The van der Waals surface area contributed by atoms with Gasteiger partial charge in [-0.05, 0) is 37.0 Å². The fourth-order valence-electron chi connectivity index (χ4n) is 2.59. The van der Waals surface area contributed by atoms with Crippen molar-refractivity contribution in [3.8, 4) is 11.5 Å². The van der Waals surface area contributed by atoms with Gasteiger partial charge < -0.3 is 8.83 Å². The van der Waals surface area contributed by atoms with Gasteiger partial charge in [0.1, 0.15) is 11.5 Å². The van der Waals surface area contributed by atoms with Crippen molar-refractivity contribution in [3.05, 3.63) is 53.0 Å². The minimum atomic E-state index is -0.201. The molecule has 0 fully saturated rings. The van der Waals surface area contributed by atoms with Crippen molar-refractivity contribution in [2.45, 2.75) is 40.0 Å². The van der Waals surface area contributed by atoms with Crippen LogP contribution in [0.3, 0.4) is 0 Å². The summed E-state index contributed by atoms with van der Waals surface area (Å²) in [6, 6.07) is 9.92. The molecule has 0 saturated heterocycles. The van der Waals surface area contributed by atoms with Crippen LogP contribution in [0, 0.1) is 13.8 Å². The predicted octanol–water partition coefficient (Wildman–Crippen LogP) is 4.25. The lowest BCUT2D eigenvalue weighted by atomic mass is 10.0. The van der Waals surface area contributed by atoms with Crippen molar-refractivity contribution >= 4 is 11.9 Å². The highest BCUT2D eigenvalue weighted by Gasteiger charge is 2.16. The molecule has 2 heterocycles. The van der Waals surface area contributed by atoms with Crippen LogP contribution in [0.5, 0.6) is 0 Å².